The van der Waals surface area contributed by atoms with Gasteiger partial charge < -0.3 is 25.1 Å². The van der Waals surface area contributed by atoms with Gasteiger partial charge >= 0.3 is 0 Å². The third-order valence-electron chi connectivity index (χ3n) is 3.39. The second-order valence-electron chi connectivity index (χ2n) is 5.47. The van der Waals surface area contributed by atoms with Crippen LogP contribution in [0.1, 0.15) is 17.5 Å². The maximum Gasteiger partial charge on any atom is 0.287 e. The maximum absolute atomic E-state index is 13.6. The van der Waals surface area contributed by atoms with E-state index in [-0.39, 0.29) is 23.5 Å². The van der Waals surface area contributed by atoms with Gasteiger partial charge in [-0.3, -0.25) is 9.79 Å². The highest BCUT2D eigenvalue weighted by atomic mass is 19.1. The summed E-state index contributed by atoms with van der Waals surface area (Å²) in [5.74, 6) is 0.374. The average molecular weight is 362 g/mol. The number of benzene rings is 1. The van der Waals surface area contributed by atoms with Crippen molar-refractivity contribution in [1.29, 1.82) is 0 Å². The van der Waals surface area contributed by atoms with Crippen molar-refractivity contribution in [3.8, 4) is 5.75 Å². The van der Waals surface area contributed by atoms with Crippen molar-refractivity contribution in [2.45, 2.75) is 13.0 Å². The second-order valence-corrected chi connectivity index (χ2v) is 5.47. The Kier molecular flexibility index (Phi) is 7.48. The van der Waals surface area contributed by atoms with E-state index in [0.717, 1.165) is 0 Å². The predicted molar refractivity (Wildman–Crippen MR) is 96.9 cm³/mol. The Hall–Kier alpha value is -3.03. The minimum Gasteiger partial charge on any atom is -0.486 e. The summed E-state index contributed by atoms with van der Waals surface area (Å²) in [6, 6.07) is 9.52. The monoisotopic (exact) mass is 362 g/mol. The standard InChI is InChI=1S/C18H23FN4O3/c1-13(26-15-7-4-3-6-14(15)19)12-23-18(20-2)22-10-9-21-17(24)16-8-5-11-25-16/h3-8,11,13H,9-10,12H2,1-2H3,(H,21,24)(H2,20,22,23). The number of halogens is 1. The van der Waals surface area contributed by atoms with Crippen LogP contribution in [0.15, 0.2) is 52.1 Å². The van der Waals surface area contributed by atoms with Crippen molar-refractivity contribution in [2.24, 2.45) is 4.99 Å². The van der Waals surface area contributed by atoms with Gasteiger partial charge in [-0.25, -0.2) is 4.39 Å². The van der Waals surface area contributed by atoms with Gasteiger partial charge in [0.05, 0.1) is 12.8 Å². The first-order chi connectivity index (χ1) is 12.6. The number of aliphatic imine (C=N–C) groups is 1. The third kappa shape index (κ3) is 6.12. The molecule has 1 amide bonds. The second kappa shape index (κ2) is 10.1. The maximum atomic E-state index is 13.6. The largest absolute Gasteiger partial charge is 0.486 e. The number of hydrogen-bond donors (Lipinski definition) is 3. The zero-order valence-corrected chi connectivity index (χ0v) is 14.8. The molecule has 0 aliphatic heterocycles. The fourth-order valence-electron chi connectivity index (χ4n) is 2.11. The molecule has 1 unspecified atom stereocenters. The van der Waals surface area contributed by atoms with Crippen molar-refractivity contribution in [3.63, 3.8) is 0 Å². The molecule has 0 saturated carbocycles. The van der Waals surface area contributed by atoms with Gasteiger partial charge in [0.2, 0.25) is 0 Å². The molecule has 1 heterocycles. The van der Waals surface area contributed by atoms with Crippen LogP contribution in [-0.2, 0) is 0 Å². The molecule has 3 N–H and O–H groups in total. The molecule has 140 valence electrons. The van der Waals surface area contributed by atoms with Crippen LogP contribution in [-0.4, -0.2) is 44.7 Å². The van der Waals surface area contributed by atoms with E-state index in [1.54, 1.807) is 37.4 Å². The van der Waals surface area contributed by atoms with Gasteiger partial charge in [-0.2, -0.15) is 0 Å². The molecule has 0 aliphatic rings. The number of ether oxygens (including phenoxy) is 1. The molecule has 0 spiro atoms. The van der Waals surface area contributed by atoms with Gasteiger partial charge in [-0.05, 0) is 31.2 Å². The van der Waals surface area contributed by atoms with E-state index in [0.29, 0.717) is 25.6 Å². The van der Waals surface area contributed by atoms with E-state index in [2.05, 4.69) is 20.9 Å². The molecule has 1 aromatic heterocycles. The summed E-state index contributed by atoms with van der Waals surface area (Å²) >= 11 is 0. The van der Waals surface area contributed by atoms with Crippen LogP contribution in [0, 0.1) is 5.82 Å². The quantitative estimate of drug-likeness (QED) is 0.379. The Morgan fingerprint density at radius 2 is 1.96 bits per heavy atom. The Morgan fingerprint density at radius 3 is 2.65 bits per heavy atom. The Labute approximate surface area is 151 Å². The predicted octanol–water partition coefficient (Wildman–Crippen LogP) is 1.78. The van der Waals surface area contributed by atoms with E-state index in [1.807, 2.05) is 6.92 Å². The van der Waals surface area contributed by atoms with Gasteiger partial charge in [-0.15, -0.1) is 0 Å². The number of carbonyl (C=O) groups excluding carboxylic acids is 1. The van der Waals surface area contributed by atoms with E-state index in [1.165, 1.54) is 12.3 Å². The lowest BCUT2D eigenvalue weighted by Gasteiger charge is -2.18. The van der Waals surface area contributed by atoms with Crippen molar-refractivity contribution in [2.75, 3.05) is 26.7 Å². The van der Waals surface area contributed by atoms with Gasteiger partial charge in [0, 0.05) is 20.1 Å². The van der Waals surface area contributed by atoms with E-state index < -0.39 is 5.82 Å². The molecule has 8 heteroatoms. The molecule has 1 aromatic carbocycles. The van der Waals surface area contributed by atoms with E-state index in [9.17, 15) is 9.18 Å². The molecular formula is C18H23FN4O3. The summed E-state index contributed by atoms with van der Waals surface area (Å²) in [5, 5.41) is 8.87. The van der Waals surface area contributed by atoms with Crippen LogP contribution in [0.2, 0.25) is 0 Å². The van der Waals surface area contributed by atoms with Crippen molar-refractivity contribution in [3.05, 3.63) is 54.2 Å². The number of guanidine groups is 1. The zero-order valence-electron chi connectivity index (χ0n) is 14.8. The van der Waals surface area contributed by atoms with Gasteiger partial charge in [0.15, 0.2) is 23.3 Å². The average Bonchev–Trinajstić information content (AvgIpc) is 3.17. The summed E-state index contributed by atoms with van der Waals surface area (Å²) in [5.41, 5.74) is 0. The zero-order chi connectivity index (χ0) is 18.8. The molecule has 0 bridgehead atoms. The first-order valence-corrected chi connectivity index (χ1v) is 8.27. The normalized spacial score (nSPS) is 12.3. The lowest BCUT2D eigenvalue weighted by Crippen LogP contribution is -2.44. The van der Waals surface area contributed by atoms with Gasteiger partial charge in [0.1, 0.15) is 6.10 Å². The minimum atomic E-state index is -0.394. The van der Waals surface area contributed by atoms with Crippen LogP contribution in [0.5, 0.6) is 5.75 Å². The molecule has 26 heavy (non-hydrogen) atoms. The molecule has 0 aliphatic carbocycles. The highest BCUT2D eigenvalue weighted by molar-refractivity contribution is 5.91. The Bertz CT molecular complexity index is 719. The molecule has 1 atom stereocenters. The fourth-order valence-corrected chi connectivity index (χ4v) is 2.11. The number of amides is 1. The first kappa shape index (κ1) is 19.3. The number of furan rings is 1. The van der Waals surface area contributed by atoms with Crippen molar-refractivity contribution < 1.29 is 18.3 Å². The third-order valence-corrected chi connectivity index (χ3v) is 3.39. The molecule has 2 aromatic rings. The Morgan fingerprint density at radius 1 is 1.19 bits per heavy atom. The van der Waals surface area contributed by atoms with Gasteiger partial charge in [-0.1, -0.05) is 12.1 Å². The number of hydrogen-bond acceptors (Lipinski definition) is 4. The minimum absolute atomic E-state index is 0.213. The SMILES string of the molecule is CN=C(NCCNC(=O)c1ccco1)NCC(C)Oc1ccccc1F. The molecular weight excluding hydrogens is 339 g/mol. The fraction of sp³-hybridized carbons (Fsp3) is 0.333. The highest BCUT2D eigenvalue weighted by Crippen LogP contribution is 2.16. The smallest absolute Gasteiger partial charge is 0.287 e. The molecule has 7 nitrogen and oxygen atoms in total. The van der Waals surface area contributed by atoms with Crippen molar-refractivity contribution >= 4 is 11.9 Å². The van der Waals surface area contributed by atoms with Crippen LogP contribution >= 0.6 is 0 Å². The first-order valence-electron chi connectivity index (χ1n) is 8.27. The van der Waals surface area contributed by atoms with E-state index >= 15 is 0 Å². The topological polar surface area (TPSA) is 87.9 Å². The number of carbonyl (C=O) groups is 1. The van der Waals surface area contributed by atoms with E-state index in [4.69, 9.17) is 9.15 Å². The Balaban J connectivity index is 1.66. The van der Waals surface area contributed by atoms with Crippen LogP contribution in [0.3, 0.4) is 0 Å². The lowest BCUT2D eigenvalue weighted by atomic mass is 10.3. The summed E-state index contributed by atoms with van der Waals surface area (Å²) in [4.78, 5) is 15.8. The summed E-state index contributed by atoms with van der Waals surface area (Å²) in [6.07, 6.45) is 1.19. The van der Waals surface area contributed by atoms with Crippen molar-refractivity contribution in [1.82, 2.24) is 16.0 Å². The molecule has 0 saturated heterocycles. The van der Waals surface area contributed by atoms with Crippen LogP contribution < -0.4 is 20.7 Å². The number of nitrogens with one attached hydrogen (secondary N) is 3. The number of para-hydroxylation sites is 1. The summed E-state index contributed by atoms with van der Waals surface area (Å²) in [7, 11) is 1.64. The molecule has 0 fully saturated rings. The van der Waals surface area contributed by atoms with Gasteiger partial charge in [0.25, 0.3) is 5.91 Å². The summed E-state index contributed by atoms with van der Waals surface area (Å²) < 4.78 is 24.1. The highest BCUT2D eigenvalue weighted by Gasteiger charge is 2.09. The molecule has 2 rings (SSSR count). The number of rotatable bonds is 8. The van der Waals surface area contributed by atoms with Crippen LogP contribution in [0.4, 0.5) is 4.39 Å². The van der Waals surface area contributed by atoms with Crippen LogP contribution in [0.25, 0.3) is 0 Å². The molecule has 0 radical (unpaired) electrons. The number of nitrogens with zero attached hydrogens (tertiary/aromatic N) is 1. The lowest BCUT2D eigenvalue weighted by molar-refractivity contribution is 0.0926. The summed E-state index contributed by atoms with van der Waals surface area (Å²) in [6.45, 7) is 3.15.